The van der Waals surface area contributed by atoms with E-state index in [4.69, 9.17) is 0 Å². The fourth-order valence-electron chi connectivity index (χ4n) is 2.13. The lowest BCUT2D eigenvalue weighted by molar-refractivity contribution is -0.136. The summed E-state index contributed by atoms with van der Waals surface area (Å²) in [6, 6.07) is 0. The highest BCUT2D eigenvalue weighted by atomic mass is 32.1. The molecule has 2 rings (SSSR count). The molecule has 0 bridgehead atoms. The van der Waals surface area contributed by atoms with Crippen LogP contribution in [0.1, 0.15) is 39.6 Å². The summed E-state index contributed by atoms with van der Waals surface area (Å²) < 4.78 is 0. The van der Waals surface area contributed by atoms with Gasteiger partial charge in [0.1, 0.15) is 5.01 Å². The van der Waals surface area contributed by atoms with Crippen LogP contribution < -0.4 is 10.6 Å². The number of carbonyl (C=O) groups is 2. The third-order valence-corrected chi connectivity index (χ3v) is 4.93. The van der Waals surface area contributed by atoms with Crippen molar-refractivity contribution in [3.8, 4) is 0 Å². The van der Waals surface area contributed by atoms with Crippen molar-refractivity contribution in [1.29, 1.82) is 0 Å². The van der Waals surface area contributed by atoms with Gasteiger partial charge in [-0.05, 0) is 13.8 Å². The lowest BCUT2D eigenvalue weighted by Crippen LogP contribution is -2.62. The minimum atomic E-state index is -0.687. The second kappa shape index (κ2) is 5.92. The summed E-state index contributed by atoms with van der Waals surface area (Å²) in [5, 5.41) is 15.1. The fraction of sp³-hybridized carbons (Fsp3) is 0.714. The Bertz CT molecular complexity index is 576. The second-order valence-corrected chi connectivity index (χ2v) is 7.92. The summed E-state index contributed by atoms with van der Waals surface area (Å²) in [6.45, 7) is 11.1. The summed E-state index contributed by atoms with van der Waals surface area (Å²) in [7, 11) is 0. The summed E-state index contributed by atoms with van der Waals surface area (Å²) in [5.41, 5.74) is -0.777. The zero-order valence-corrected chi connectivity index (χ0v) is 14.5. The molecule has 0 aromatic carbocycles. The lowest BCUT2D eigenvalue weighted by Gasteiger charge is -2.40. The first-order chi connectivity index (χ1) is 10.1. The molecule has 0 aliphatic carbocycles. The van der Waals surface area contributed by atoms with Crippen LogP contribution in [0, 0.1) is 0 Å². The Balaban J connectivity index is 1.98. The van der Waals surface area contributed by atoms with Gasteiger partial charge in [-0.15, -0.1) is 10.2 Å². The first-order valence-electron chi connectivity index (χ1n) is 7.28. The van der Waals surface area contributed by atoms with Crippen molar-refractivity contribution in [3.63, 3.8) is 0 Å². The van der Waals surface area contributed by atoms with E-state index in [1.165, 1.54) is 11.3 Å². The molecule has 2 heterocycles. The third-order valence-electron chi connectivity index (χ3n) is 3.66. The van der Waals surface area contributed by atoms with Crippen molar-refractivity contribution in [2.24, 2.45) is 0 Å². The van der Waals surface area contributed by atoms with Crippen LogP contribution in [0.15, 0.2) is 0 Å². The standard InChI is InChI=1S/C14H23N5O2S/c1-13(2,3)11-17-18-12(22-11)16-9(20)8-19-7-6-15-10(21)14(19,4)5/h6-8H2,1-5H3,(H,15,21)(H,16,18,20). The van der Waals surface area contributed by atoms with Gasteiger partial charge < -0.3 is 5.32 Å². The number of piperazine rings is 1. The first-order valence-corrected chi connectivity index (χ1v) is 8.09. The number of carbonyl (C=O) groups excluding carboxylic acids is 2. The van der Waals surface area contributed by atoms with Gasteiger partial charge in [-0.25, -0.2) is 0 Å². The molecule has 122 valence electrons. The Morgan fingerprint density at radius 2 is 2.09 bits per heavy atom. The van der Waals surface area contributed by atoms with Crippen LogP contribution in [0.4, 0.5) is 5.13 Å². The van der Waals surface area contributed by atoms with E-state index in [9.17, 15) is 9.59 Å². The van der Waals surface area contributed by atoms with Crippen LogP contribution in [-0.2, 0) is 15.0 Å². The summed E-state index contributed by atoms with van der Waals surface area (Å²) in [4.78, 5) is 25.9. The highest BCUT2D eigenvalue weighted by molar-refractivity contribution is 7.15. The molecule has 0 unspecified atom stereocenters. The molecule has 7 nitrogen and oxygen atoms in total. The van der Waals surface area contributed by atoms with E-state index in [2.05, 4.69) is 20.8 Å². The number of hydrogen-bond acceptors (Lipinski definition) is 6. The molecule has 2 amide bonds. The molecule has 1 aromatic rings. The Kier molecular flexibility index (Phi) is 4.53. The van der Waals surface area contributed by atoms with E-state index in [1.54, 1.807) is 0 Å². The quantitative estimate of drug-likeness (QED) is 0.865. The van der Waals surface area contributed by atoms with E-state index in [1.807, 2.05) is 39.5 Å². The highest BCUT2D eigenvalue weighted by Gasteiger charge is 2.38. The van der Waals surface area contributed by atoms with Gasteiger partial charge in [0.25, 0.3) is 0 Å². The number of aromatic nitrogens is 2. The van der Waals surface area contributed by atoms with Gasteiger partial charge in [0.2, 0.25) is 16.9 Å². The summed E-state index contributed by atoms with van der Waals surface area (Å²) in [6.07, 6.45) is 0. The van der Waals surface area contributed by atoms with Crippen molar-refractivity contribution in [2.75, 3.05) is 25.0 Å². The van der Waals surface area contributed by atoms with Gasteiger partial charge in [0.15, 0.2) is 0 Å². The topological polar surface area (TPSA) is 87.2 Å². The highest BCUT2D eigenvalue weighted by Crippen LogP contribution is 2.27. The number of rotatable bonds is 3. The zero-order chi connectivity index (χ0) is 16.5. The van der Waals surface area contributed by atoms with E-state index in [0.29, 0.717) is 18.2 Å². The van der Waals surface area contributed by atoms with Crippen molar-refractivity contribution >= 4 is 28.3 Å². The Labute approximate surface area is 134 Å². The maximum absolute atomic E-state index is 12.2. The van der Waals surface area contributed by atoms with Crippen molar-refractivity contribution in [1.82, 2.24) is 20.4 Å². The Hall–Kier alpha value is -1.54. The molecular weight excluding hydrogens is 302 g/mol. The van der Waals surface area contributed by atoms with Crippen molar-refractivity contribution in [3.05, 3.63) is 5.01 Å². The maximum atomic E-state index is 12.2. The normalized spacial score (nSPS) is 18.9. The minimum Gasteiger partial charge on any atom is -0.353 e. The SMILES string of the molecule is CC(C)(C)c1nnc(NC(=O)CN2CCNC(=O)C2(C)C)s1. The molecule has 2 N–H and O–H groups in total. The Morgan fingerprint density at radius 1 is 1.41 bits per heavy atom. The largest absolute Gasteiger partial charge is 0.353 e. The van der Waals surface area contributed by atoms with Gasteiger partial charge in [0, 0.05) is 18.5 Å². The third kappa shape index (κ3) is 3.61. The van der Waals surface area contributed by atoms with Gasteiger partial charge in [-0.1, -0.05) is 32.1 Å². The van der Waals surface area contributed by atoms with Crippen LogP contribution in [0.25, 0.3) is 0 Å². The van der Waals surface area contributed by atoms with Crippen molar-refractivity contribution < 1.29 is 9.59 Å². The number of hydrogen-bond donors (Lipinski definition) is 2. The predicted molar refractivity (Wildman–Crippen MR) is 85.9 cm³/mol. The second-order valence-electron chi connectivity index (χ2n) is 6.95. The molecule has 0 radical (unpaired) electrons. The van der Waals surface area contributed by atoms with E-state index in [0.717, 1.165) is 5.01 Å². The molecule has 22 heavy (non-hydrogen) atoms. The lowest BCUT2D eigenvalue weighted by atomic mass is 9.98. The minimum absolute atomic E-state index is 0.0579. The molecule has 1 aromatic heterocycles. The van der Waals surface area contributed by atoms with E-state index >= 15 is 0 Å². The molecule has 0 atom stereocenters. The zero-order valence-electron chi connectivity index (χ0n) is 13.7. The van der Waals surface area contributed by atoms with E-state index < -0.39 is 5.54 Å². The molecule has 1 fully saturated rings. The van der Waals surface area contributed by atoms with Crippen LogP contribution in [-0.4, -0.2) is 52.1 Å². The van der Waals surface area contributed by atoms with Gasteiger partial charge >= 0.3 is 0 Å². The smallest absolute Gasteiger partial charge is 0.240 e. The van der Waals surface area contributed by atoms with Crippen LogP contribution in [0.3, 0.4) is 0 Å². The number of nitrogens with zero attached hydrogens (tertiary/aromatic N) is 3. The molecule has 0 spiro atoms. The van der Waals surface area contributed by atoms with Gasteiger partial charge in [-0.2, -0.15) is 0 Å². The van der Waals surface area contributed by atoms with Gasteiger partial charge in [-0.3, -0.25) is 19.8 Å². The van der Waals surface area contributed by atoms with Crippen LogP contribution in [0.2, 0.25) is 0 Å². The summed E-state index contributed by atoms with van der Waals surface area (Å²) in [5.74, 6) is -0.239. The molecule has 0 saturated carbocycles. The maximum Gasteiger partial charge on any atom is 0.240 e. The average Bonchev–Trinajstić information content (AvgIpc) is 2.84. The Morgan fingerprint density at radius 3 is 2.68 bits per heavy atom. The monoisotopic (exact) mass is 325 g/mol. The predicted octanol–water partition coefficient (Wildman–Crippen LogP) is 0.984. The first kappa shape index (κ1) is 16.8. The molecule has 1 aliphatic rings. The van der Waals surface area contributed by atoms with Crippen LogP contribution in [0.5, 0.6) is 0 Å². The molecule has 1 aliphatic heterocycles. The van der Waals surface area contributed by atoms with E-state index in [-0.39, 0.29) is 23.8 Å². The average molecular weight is 325 g/mol. The fourth-order valence-corrected chi connectivity index (χ4v) is 2.95. The summed E-state index contributed by atoms with van der Waals surface area (Å²) >= 11 is 1.38. The van der Waals surface area contributed by atoms with Gasteiger partial charge in [0.05, 0.1) is 12.1 Å². The number of anilines is 1. The number of amides is 2. The molecule has 8 heteroatoms. The van der Waals surface area contributed by atoms with Crippen molar-refractivity contribution in [2.45, 2.75) is 45.6 Å². The molecule has 1 saturated heterocycles. The van der Waals surface area contributed by atoms with Crippen LogP contribution >= 0.6 is 11.3 Å². The molecular formula is C14H23N5O2S. The number of nitrogens with one attached hydrogen (secondary N) is 2.